The van der Waals surface area contributed by atoms with Gasteiger partial charge in [-0.3, -0.25) is 0 Å². The van der Waals surface area contributed by atoms with Gasteiger partial charge in [-0.1, -0.05) is 29.5 Å². The highest BCUT2D eigenvalue weighted by Crippen LogP contribution is 2.14. The van der Waals surface area contributed by atoms with E-state index < -0.39 is 0 Å². The molecule has 0 unspecified atom stereocenters. The smallest absolute Gasteiger partial charge is 0.145 e. The van der Waals surface area contributed by atoms with Gasteiger partial charge < -0.3 is 5.32 Å². The van der Waals surface area contributed by atoms with Gasteiger partial charge in [0.2, 0.25) is 0 Å². The highest BCUT2D eigenvalue weighted by molar-refractivity contribution is 5.73. The first-order chi connectivity index (χ1) is 11.3. The van der Waals surface area contributed by atoms with Crippen LogP contribution in [0.25, 0.3) is 11.0 Å². The molecule has 3 aromatic rings. The van der Waals surface area contributed by atoms with Crippen LogP contribution in [0, 0.1) is 22.7 Å². The van der Waals surface area contributed by atoms with Crippen LogP contribution in [0.5, 0.6) is 0 Å². The maximum Gasteiger partial charge on any atom is 0.145 e. The van der Waals surface area contributed by atoms with Crippen molar-refractivity contribution in [1.82, 2.24) is 15.0 Å². The molecule has 0 saturated heterocycles. The van der Waals surface area contributed by atoms with E-state index in [1.165, 1.54) is 6.20 Å². The van der Waals surface area contributed by atoms with Crippen molar-refractivity contribution in [2.45, 2.75) is 6.54 Å². The lowest BCUT2D eigenvalue weighted by atomic mass is 10.2. The number of anilines is 1. The molecule has 0 amide bonds. The number of nitrogens with zero attached hydrogens (tertiary/aromatic N) is 5. The lowest BCUT2D eigenvalue weighted by Gasteiger charge is -2.05. The Morgan fingerprint density at radius 1 is 1.09 bits per heavy atom. The van der Waals surface area contributed by atoms with Crippen molar-refractivity contribution in [3.63, 3.8) is 0 Å². The molecule has 0 radical (unpaired) electrons. The molecule has 6 heteroatoms. The normalized spacial score (nSPS) is 9.83. The summed E-state index contributed by atoms with van der Waals surface area (Å²) in [5, 5.41) is 28.6. The van der Waals surface area contributed by atoms with E-state index >= 15 is 0 Å². The average molecular weight is 300 g/mol. The number of nitrogens with one attached hydrogen (secondary N) is 1. The van der Waals surface area contributed by atoms with Crippen molar-refractivity contribution in [2.24, 2.45) is 0 Å². The van der Waals surface area contributed by atoms with Crippen LogP contribution in [0.4, 0.5) is 5.69 Å². The first-order valence-corrected chi connectivity index (χ1v) is 6.94. The number of fused-ring (bicyclic) bond motifs is 1. The van der Waals surface area contributed by atoms with Crippen LogP contribution in [0.1, 0.15) is 5.56 Å². The van der Waals surface area contributed by atoms with E-state index in [0.29, 0.717) is 6.54 Å². The number of rotatable bonds is 4. The third-order valence-electron chi connectivity index (χ3n) is 3.33. The van der Waals surface area contributed by atoms with Crippen LogP contribution >= 0.6 is 0 Å². The maximum absolute atomic E-state index is 8.68. The van der Waals surface area contributed by atoms with E-state index in [1.807, 2.05) is 53.2 Å². The third kappa shape index (κ3) is 3.17. The lowest BCUT2D eigenvalue weighted by molar-refractivity contribution is 0.670. The number of allylic oxidation sites excluding steroid dienone is 1. The van der Waals surface area contributed by atoms with Gasteiger partial charge in [0.15, 0.2) is 0 Å². The highest BCUT2D eigenvalue weighted by Gasteiger charge is 2.04. The molecule has 1 aromatic heterocycles. The molecule has 0 saturated carbocycles. The minimum absolute atomic E-state index is 0.0307. The van der Waals surface area contributed by atoms with E-state index in [4.69, 9.17) is 10.5 Å². The summed E-state index contributed by atoms with van der Waals surface area (Å²) in [5.74, 6) is 0. The van der Waals surface area contributed by atoms with Gasteiger partial charge in [-0.05, 0) is 29.8 Å². The SMILES string of the molecule is N#CC(C#N)=CNc1ccc(Cn2nnc3ccccc32)cc1. The molecular weight excluding hydrogens is 288 g/mol. The molecule has 1 heterocycles. The number of aromatic nitrogens is 3. The van der Waals surface area contributed by atoms with Crippen molar-refractivity contribution in [3.05, 3.63) is 65.9 Å². The molecule has 23 heavy (non-hydrogen) atoms. The van der Waals surface area contributed by atoms with Crippen molar-refractivity contribution >= 4 is 16.7 Å². The van der Waals surface area contributed by atoms with Gasteiger partial charge in [0.25, 0.3) is 0 Å². The molecule has 110 valence electrons. The van der Waals surface area contributed by atoms with Crippen molar-refractivity contribution in [2.75, 3.05) is 5.32 Å². The fourth-order valence-corrected chi connectivity index (χ4v) is 2.16. The first kappa shape index (κ1) is 14.3. The molecule has 0 aliphatic carbocycles. The molecule has 0 fully saturated rings. The van der Waals surface area contributed by atoms with E-state index in [9.17, 15) is 0 Å². The lowest BCUT2D eigenvalue weighted by Crippen LogP contribution is -2.01. The van der Waals surface area contributed by atoms with Crippen LogP contribution in [0.2, 0.25) is 0 Å². The Balaban J connectivity index is 1.74. The molecule has 2 aromatic carbocycles. The second-order valence-electron chi connectivity index (χ2n) is 4.86. The number of para-hydroxylation sites is 1. The Hall–Kier alpha value is -3.64. The topological polar surface area (TPSA) is 90.3 Å². The van der Waals surface area contributed by atoms with Crippen molar-refractivity contribution in [3.8, 4) is 12.1 Å². The van der Waals surface area contributed by atoms with Gasteiger partial charge >= 0.3 is 0 Å². The Bertz CT molecular complexity index is 922. The van der Waals surface area contributed by atoms with Gasteiger partial charge in [0.1, 0.15) is 23.2 Å². The Morgan fingerprint density at radius 2 is 1.83 bits per heavy atom. The molecule has 6 nitrogen and oxygen atoms in total. The van der Waals surface area contributed by atoms with Gasteiger partial charge in [0.05, 0.1) is 12.1 Å². The standard InChI is InChI=1S/C17H12N6/c18-9-14(10-19)11-20-15-7-5-13(6-8-15)12-23-17-4-2-1-3-16(17)21-22-23/h1-8,11,20H,12H2. The van der Waals surface area contributed by atoms with E-state index in [0.717, 1.165) is 22.3 Å². The van der Waals surface area contributed by atoms with Crippen LogP contribution in [0.15, 0.2) is 60.3 Å². The summed E-state index contributed by atoms with van der Waals surface area (Å²) in [6.07, 6.45) is 1.39. The second kappa shape index (κ2) is 6.42. The minimum Gasteiger partial charge on any atom is -0.360 e. The van der Waals surface area contributed by atoms with E-state index in [1.54, 1.807) is 12.1 Å². The highest BCUT2D eigenvalue weighted by atomic mass is 15.4. The summed E-state index contributed by atoms with van der Waals surface area (Å²) in [5.41, 5.74) is 3.78. The third-order valence-corrected chi connectivity index (χ3v) is 3.33. The Kier molecular flexibility index (Phi) is 3.99. The molecule has 1 N–H and O–H groups in total. The fraction of sp³-hybridized carbons (Fsp3) is 0.0588. The zero-order valence-corrected chi connectivity index (χ0v) is 12.1. The summed E-state index contributed by atoms with van der Waals surface area (Å²) >= 11 is 0. The zero-order chi connectivity index (χ0) is 16.1. The number of hydrogen-bond acceptors (Lipinski definition) is 5. The molecular formula is C17H12N6. The Morgan fingerprint density at radius 3 is 2.57 bits per heavy atom. The number of nitriles is 2. The largest absolute Gasteiger partial charge is 0.360 e. The summed E-state index contributed by atoms with van der Waals surface area (Å²) in [6, 6.07) is 19.1. The van der Waals surface area contributed by atoms with Gasteiger partial charge in [0, 0.05) is 11.9 Å². The summed E-state index contributed by atoms with van der Waals surface area (Å²) in [7, 11) is 0. The number of benzene rings is 2. The van der Waals surface area contributed by atoms with Crippen LogP contribution in [0.3, 0.4) is 0 Å². The monoisotopic (exact) mass is 300 g/mol. The zero-order valence-electron chi connectivity index (χ0n) is 12.1. The van der Waals surface area contributed by atoms with Crippen LogP contribution < -0.4 is 5.32 Å². The minimum atomic E-state index is 0.0307. The average Bonchev–Trinajstić information content (AvgIpc) is 3.00. The Labute approximate surface area is 132 Å². The summed E-state index contributed by atoms with van der Waals surface area (Å²) in [6.45, 7) is 0.623. The summed E-state index contributed by atoms with van der Waals surface area (Å²) in [4.78, 5) is 0. The van der Waals surface area contributed by atoms with Crippen molar-refractivity contribution < 1.29 is 0 Å². The first-order valence-electron chi connectivity index (χ1n) is 6.94. The van der Waals surface area contributed by atoms with Gasteiger partial charge in [-0.15, -0.1) is 5.10 Å². The quantitative estimate of drug-likeness (QED) is 0.748. The fourth-order valence-electron chi connectivity index (χ4n) is 2.16. The van der Waals surface area contributed by atoms with Crippen LogP contribution in [-0.2, 0) is 6.54 Å². The summed E-state index contributed by atoms with van der Waals surface area (Å²) < 4.78 is 1.85. The predicted octanol–water partition coefficient (Wildman–Crippen LogP) is 2.82. The molecule has 0 spiro atoms. The second-order valence-corrected chi connectivity index (χ2v) is 4.86. The molecule has 0 aliphatic rings. The van der Waals surface area contributed by atoms with Crippen molar-refractivity contribution in [1.29, 1.82) is 10.5 Å². The van der Waals surface area contributed by atoms with E-state index in [2.05, 4.69) is 15.6 Å². The van der Waals surface area contributed by atoms with E-state index in [-0.39, 0.29) is 5.57 Å². The number of hydrogen-bond donors (Lipinski definition) is 1. The molecule has 0 atom stereocenters. The van der Waals surface area contributed by atoms with Gasteiger partial charge in [-0.25, -0.2) is 4.68 Å². The molecule has 3 rings (SSSR count). The van der Waals surface area contributed by atoms with Gasteiger partial charge in [-0.2, -0.15) is 10.5 Å². The molecule has 0 bridgehead atoms. The predicted molar refractivity (Wildman–Crippen MR) is 86.0 cm³/mol. The van der Waals surface area contributed by atoms with Crippen LogP contribution in [-0.4, -0.2) is 15.0 Å². The molecule has 0 aliphatic heterocycles. The maximum atomic E-state index is 8.68.